The van der Waals surface area contributed by atoms with Crippen LogP contribution in [0.3, 0.4) is 0 Å². The molecule has 80 valence electrons. The Labute approximate surface area is 106 Å². The van der Waals surface area contributed by atoms with Gasteiger partial charge in [0.05, 0.1) is 15.0 Å². The molecule has 0 radical (unpaired) electrons. The van der Waals surface area contributed by atoms with E-state index in [1.54, 1.807) is 22.7 Å². The minimum atomic E-state index is 0.916. The van der Waals surface area contributed by atoms with E-state index >= 15 is 0 Å². The number of thiazole rings is 1. The number of hydrogen-bond acceptors (Lipinski definition) is 4. The molecule has 0 N–H and O–H groups in total. The molecule has 0 aliphatic carbocycles. The second-order valence-electron chi connectivity index (χ2n) is 3.36. The third kappa shape index (κ3) is 3.38. The number of nitrogens with zero attached hydrogens (tertiary/aromatic N) is 2. The summed E-state index contributed by atoms with van der Waals surface area (Å²) in [6.45, 7) is 1.90. The lowest BCUT2D eigenvalue weighted by atomic mass is 10.4. The minimum Gasteiger partial charge on any atom is -0.295 e. The van der Waals surface area contributed by atoms with Crippen LogP contribution in [0.15, 0.2) is 26.8 Å². The topological polar surface area (TPSA) is 16.1 Å². The van der Waals surface area contributed by atoms with Crippen molar-refractivity contribution >= 4 is 38.6 Å². The van der Waals surface area contributed by atoms with E-state index in [4.69, 9.17) is 0 Å². The molecule has 0 spiro atoms. The second kappa shape index (κ2) is 5.21. The van der Waals surface area contributed by atoms with E-state index in [1.165, 1.54) is 8.66 Å². The van der Waals surface area contributed by atoms with Gasteiger partial charge in [0.15, 0.2) is 0 Å². The van der Waals surface area contributed by atoms with Crippen LogP contribution in [-0.4, -0.2) is 16.9 Å². The van der Waals surface area contributed by atoms with Crippen LogP contribution in [0.2, 0.25) is 0 Å². The van der Waals surface area contributed by atoms with Gasteiger partial charge in [0.25, 0.3) is 0 Å². The number of hydrogen-bond donors (Lipinski definition) is 0. The van der Waals surface area contributed by atoms with E-state index in [2.05, 4.69) is 50.4 Å². The van der Waals surface area contributed by atoms with Crippen LogP contribution >= 0.6 is 38.6 Å². The maximum absolute atomic E-state index is 4.27. The van der Waals surface area contributed by atoms with Gasteiger partial charge in [-0.05, 0) is 35.1 Å². The van der Waals surface area contributed by atoms with E-state index in [0.717, 1.165) is 18.8 Å². The number of halogens is 1. The predicted octanol–water partition coefficient (Wildman–Crippen LogP) is 3.60. The fourth-order valence-electron chi connectivity index (χ4n) is 1.35. The largest absolute Gasteiger partial charge is 0.295 e. The monoisotopic (exact) mass is 302 g/mol. The van der Waals surface area contributed by atoms with Crippen molar-refractivity contribution in [1.82, 2.24) is 9.88 Å². The average molecular weight is 303 g/mol. The summed E-state index contributed by atoms with van der Waals surface area (Å²) in [5.74, 6) is 0. The third-order valence-electron chi connectivity index (χ3n) is 1.97. The zero-order valence-corrected chi connectivity index (χ0v) is 11.5. The van der Waals surface area contributed by atoms with E-state index in [0.29, 0.717) is 0 Å². The first-order valence-corrected chi connectivity index (χ1v) is 7.09. The highest BCUT2D eigenvalue weighted by atomic mass is 79.9. The third-order valence-corrected chi connectivity index (χ3v) is 4.21. The SMILES string of the molecule is CN(Cc1cscn1)Cc1ccc(Br)s1. The molecule has 0 amide bonds. The van der Waals surface area contributed by atoms with Gasteiger partial charge in [-0.15, -0.1) is 22.7 Å². The lowest BCUT2D eigenvalue weighted by molar-refractivity contribution is 0.318. The fourth-order valence-corrected chi connectivity index (χ4v) is 3.46. The molecule has 5 heteroatoms. The van der Waals surface area contributed by atoms with Crippen LogP contribution in [-0.2, 0) is 13.1 Å². The molecular weight excluding hydrogens is 292 g/mol. The van der Waals surface area contributed by atoms with Crippen molar-refractivity contribution in [2.75, 3.05) is 7.05 Å². The summed E-state index contributed by atoms with van der Waals surface area (Å²) >= 11 is 6.91. The first-order chi connectivity index (χ1) is 7.24. The van der Waals surface area contributed by atoms with Crippen molar-refractivity contribution in [1.29, 1.82) is 0 Å². The number of rotatable bonds is 4. The van der Waals surface area contributed by atoms with Crippen LogP contribution in [0.25, 0.3) is 0 Å². The van der Waals surface area contributed by atoms with Gasteiger partial charge in [-0.25, -0.2) is 4.98 Å². The van der Waals surface area contributed by atoms with Gasteiger partial charge in [0.1, 0.15) is 0 Å². The van der Waals surface area contributed by atoms with Crippen LogP contribution in [0.1, 0.15) is 10.6 Å². The summed E-state index contributed by atoms with van der Waals surface area (Å²) in [5.41, 5.74) is 3.03. The smallest absolute Gasteiger partial charge is 0.0795 e. The van der Waals surface area contributed by atoms with Crippen molar-refractivity contribution in [2.45, 2.75) is 13.1 Å². The summed E-state index contributed by atoms with van der Waals surface area (Å²) in [4.78, 5) is 7.92. The van der Waals surface area contributed by atoms with Gasteiger partial charge in [0, 0.05) is 23.3 Å². The van der Waals surface area contributed by atoms with Gasteiger partial charge < -0.3 is 0 Å². The molecule has 0 atom stereocenters. The van der Waals surface area contributed by atoms with E-state index in [-0.39, 0.29) is 0 Å². The molecule has 0 fully saturated rings. The van der Waals surface area contributed by atoms with Gasteiger partial charge in [-0.3, -0.25) is 4.90 Å². The van der Waals surface area contributed by atoms with Crippen LogP contribution < -0.4 is 0 Å². The Morgan fingerprint density at radius 2 is 2.27 bits per heavy atom. The molecule has 0 aliphatic rings. The fraction of sp³-hybridized carbons (Fsp3) is 0.300. The molecule has 0 aliphatic heterocycles. The van der Waals surface area contributed by atoms with Crippen LogP contribution in [0.4, 0.5) is 0 Å². The first kappa shape index (κ1) is 11.3. The first-order valence-electron chi connectivity index (χ1n) is 4.54. The average Bonchev–Trinajstić information content (AvgIpc) is 2.77. The van der Waals surface area contributed by atoms with Gasteiger partial charge in [-0.2, -0.15) is 0 Å². The van der Waals surface area contributed by atoms with Gasteiger partial charge in [0.2, 0.25) is 0 Å². The molecule has 0 bridgehead atoms. The quantitative estimate of drug-likeness (QED) is 0.858. The normalized spacial score (nSPS) is 11.1. The van der Waals surface area contributed by atoms with E-state index in [9.17, 15) is 0 Å². The molecular formula is C10H11BrN2S2. The molecule has 0 unspecified atom stereocenters. The van der Waals surface area contributed by atoms with Crippen molar-refractivity contribution in [2.24, 2.45) is 0 Å². The highest BCUT2D eigenvalue weighted by Gasteiger charge is 2.04. The summed E-state index contributed by atoms with van der Waals surface area (Å²) in [6.07, 6.45) is 0. The summed E-state index contributed by atoms with van der Waals surface area (Å²) in [5, 5.41) is 2.10. The van der Waals surface area contributed by atoms with Crippen molar-refractivity contribution in [3.8, 4) is 0 Å². The second-order valence-corrected chi connectivity index (χ2v) is 6.62. The standard InChI is InChI=1S/C10H11BrN2S2/c1-13(4-8-6-14-7-12-8)5-9-2-3-10(11)15-9/h2-3,6-7H,4-5H2,1H3. The lowest BCUT2D eigenvalue weighted by Crippen LogP contribution is -2.16. The maximum Gasteiger partial charge on any atom is 0.0795 e. The zero-order chi connectivity index (χ0) is 10.7. The molecule has 2 aromatic rings. The molecule has 2 heterocycles. The summed E-state index contributed by atoms with van der Waals surface area (Å²) in [6, 6.07) is 4.25. The number of aromatic nitrogens is 1. The Morgan fingerprint density at radius 3 is 2.87 bits per heavy atom. The zero-order valence-electron chi connectivity index (χ0n) is 8.31. The summed E-state index contributed by atoms with van der Waals surface area (Å²) in [7, 11) is 2.12. The Hall–Kier alpha value is -0.230. The Morgan fingerprint density at radius 1 is 1.40 bits per heavy atom. The molecule has 2 nitrogen and oxygen atoms in total. The molecule has 0 saturated carbocycles. The lowest BCUT2D eigenvalue weighted by Gasteiger charge is -2.13. The van der Waals surface area contributed by atoms with E-state index < -0.39 is 0 Å². The van der Waals surface area contributed by atoms with Crippen molar-refractivity contribution in [3.63, 3.8) is 0 Å². The van der Waals surface area contributed by atoms with Gasteiger partial charge in [-0.1, -0.05) is 0 Å². The maximum atomic E-state index is 4.27. The van der Waals surface area contributed by atoms with Gasteiger partial charge >= 0.3 is 0 Å². The van der Waals surface area contributed by atoms with Crippen LogP contribution in [0.5, 0.6) is 0 Å². The Kier molecular flexibility index (Phi) is 3.91. The predicted molar refractivity (Wildman–Crippen MR) is 69.3 cm³/mol. The molecule has 0 saturated heterocycles. The molecule has 2 rings (SSSR count). The highest BCUT2D eigenvalue weighted by Crippen LogP contribution is 2.23. The molecule has 2 aromatic heterocycles. The Balaban J connectivity index is 1.90. The molecule has 0 aromatic carbocycles. The van der Waals surface area contributed by atoms with E-state index in [1.807, 2.05) is 5.51 Å². The van der Waals surface area contributed by atoms with Crippen molar-refractivity contribution in [3.05, 3.63) is 37.4 Å². The minimum absolute atomic E-state index is 0.916. The Bertz CT molecular complexity index is 411. The molecule has 15 heavy (non-hydrogen) atoms. The number of thiophene rings is 1. The van der Waals surface area contributed by atoms with Crippen molar-refractivity contribution < 1.29 is 0 Å². The summed E-state index contributed by atoms with van der Waals surface area (Å²) < 4.78 is 1.19. The van der Waals surface area contributed by atoms with Crippen LogP contribution in [0, 0.1) is 0 Å². The highest BCUT2D eigenvalue weighted by molar-refractivity contribution is 9.11.